The zero-order valence-electron chi connectivity index (χ0n) is 8.09. The van der Waals surface area contributed by atoms with E-state index in [0.29, 0.717) is 0 Å². The molecule has 0 heterocycles. The molecule has 0 spiro atoms. The average molecular weight is 163 g/mol. The molecule has 0 amide bonds. The van der Waals surface area contributed by atoms with Crippen molar-refractivity contribution in [3.05, 3.63) is 29.8 Å². The zero-order valence-corrected chi connectivity index (χ0v) is 8.09. The summed E-state index contributed by atoms with van der Waals surface area (Å²) in [6.45, 7) is 6.67. The second-order valence-electron chi connectivity index (χ2n) is 3.86. The predicted octanol–water partition coefficient (Wildman–Crippen LogP) is 2.96. The van der Waals surface area contributed by atoms with Gasteiger partial charge in [0.05, 0.1) is 0 Å². The third-order valence-electron chi connectivity index (χ3n) is 2.55. The highest BCUT2D eigenvalue weighted by Crippen LogP contribution is 2.27. The second-order valence-corrected chi connectivity index (χ2v) is 3.86. The highest BCUT2D eigenvalue weighted by Gasteiger charge is 2.17. The van der Waals surface area contributed by atoms with Crippen LogP contribution in [-0.2, 0) is 5.41 Å². The fourth-order valence-corrected chi connectivity index (χ4v) is 1.16. The number of nitrogens with two attached hydrogens (primary N) is 1. The maximum atomic E-state index is 5.71. The van der Waals surface area contributed by atoms with E-state index in [0.717, 1.165) is 12.1 Å². The van der Waals surface area contributed by atoms with E-state index in [9.17, 15) is 0 Å². The van der Waals surface area contributed by atoms with Crippen molar-refractivity contribution in [1.82, 2.24) is 0 Å². The van der Waals surface area contributed by atoms with Crippen molar-refractivity contribution in [2.24, 2.45) is 0 Å². The maximum Gasteiger partial charge on any atom is 0.0316 e. The Hall–Kier alpha value is -0.980. The number of benzene rings is 1. The second kappa shape index (κ2) is 3.18. The molecule has 0 fully saturated rings. The highest BCUT2D eigenvalue weighted by atomic mass is 14.5. The molecule has 0 aliphatic rings. The van der Waals surface area contributed by atoms with Gasteiger partial charge in [-0.1, -0.05) is 32.9 Å². The summed E-state index contributed by atoms with van der Waals surface area (Å²) in [7, 11) is 0. The SMILES string of the molecule is CCC(C)(C)c1cccc(N)c1. The monoisotopic (exact) mass is 163 g/mol. The summed E-state index contributed by atoms with van der Waals surface area (Å²) >= 11 is 0. The minimum absolute atomic E-state index is 0.245. The Bertz CT molecular complexity index is 263. The Morgan fingerprint density at radius 1 is 1.33 bits per heavy atom. The molecule has 2 N–H and O–H groups in total. The van der Waals surface area contributed by atoms with Gasteiger partial charge in [-0.3, -0.25) is 0 Å². The molecular formula is C11H17N. The zero-order chi connectivity index (χ0) is 9.19. The number of hydrogen-bond donors (Lipinski definition) is 1. The molecule has 0 saturated heterocycles. The largest absolute Gasteiger partial charge is 0.399 e. The minimum Gasteiger partial charge on any atom is -0.399 e. The summed E-state index contributed by atoms with van der Waals surface area (Å²) in [6.07, 6.45) is 1.14. The van der Waals surface area contributed by atoms with Crippen LogP contribution in [0, 0.1) is 0 Å². The van der Waals surface area contributed by atoms with E-state index in [1.54, 1.807) is 0 Å². The molecule has 1 nitrogen and oxygen atoms in total. The maximum absolute atomic E-state index is 5.71. The molecule has 1 aromatic carbocycles. The number of rotatable bonds is 2. The molecule has 0 unspecified atom stereocenters. The Labute approximate surface area is 74.6 Å². The Morgan fingerprint density at radius 2 is 2.00 bits per heavy atom. The van der Waals surface area contributed by atoms with E-state index < -0.39 is 0 Å². The van der Waals surface area contributed by atoms with Crippen molar-refractivity contribution in [2.45, 2.75) is 32.6 Å². The van der Waals surface area contributed by atoms with Gasteiger partial charge in [0.25, 0.3) is 0 Å². The van der Waals surface area contributed by atoms with E-state index in [-0.39, 0.29) is 5.41 Å². The average Bonchev–Trinajstić information content (AvgIpc) is 2.05. The van der Waals surface area contributed by atoms with Crippen LogP contribution in [0.2, 0.25) is 0 Å². The molecule has 0 aliphatic heterocycles. The molecular weight excluding hydrogens is 146 g/mol. The Balaban J connectivity index is 3.03. The van der Waals surface area contributed by atoms with Gasteiger partial charge in [0, 0.05) is 5.69 Å². The van der Waals surface area contributed by atoms with Crippen LogP contribution in [0.1, 0.15) is 32.8 Å². The topological polar surface area (TPSA) is 26.0 Å². The lowest BCUT2D eigenvalue weighted by molar-refractivity contribution is 0.506. The van der Waals surface area contributed by atoms with Crippen LogP contribution in [0.15, 0.2) is 24.3 Å². The first-order chi connectivity index (χ1) is 5.56. The molecule has 0 radical (unpaired) electrons. The van der Waals surface area contributed by atoms with E-state index in [4.69, 9.17) is 5.73 Å². The van der Waals surface area contributed by atoms with Crippen LogP contribution in [0.4, 0.5) is 5.69 Å². The summed E-state index contributed by atoms with van der Waals surface area (Å²) < 4.78 is 0. The van der Waals surface area contributed by atoms with Gasteiger partial charge in [-0.15, -0.1) is 0 Å². The third kappa shape index (κ3) is 1.79. The number of hydrogen-bond acceptors (Lipinski definition) is 1. The van der Waals surface area contributed by atoms with Gasteiger partial charge in [-0.2, -0.15) is 0 Å². The third-order valence-corrected chi connectivity index (χ3v) is 2.55. The summed E-state index contributed by atoms with van der Waals surface area (Å²) in [5, 5.41) is 0. The first-order valence-electron chi connectivity index (χ1n) is 4.42. The van der Waals surface area contributed by atoms with Gasteiger partial charge in [0.15, 0.2) is 0 Å². The molecule has 0 saturated carbocycles. The normalized spacial score (nSPS) is 11.6. The van der Waals surface area contributed by atoms with Crippen molar-refractivity contribution in [3.8, 4) is 0 Å². The van der Waals surface area contributed by atoms with Gasteiger partial charge >= 0.3 is 0 Å². The lowest BCUT2D eigenvalue weighted by atomic mass is 9.82. The minimum atomic E-state index is 0.245. The molecule has 0 aliphatic carbocycles. The van der Waals surface area contributed by atoms with Gasteiger partial charge in [0.2, 0.25) is 0 Å². The number of nitrogen functional groups attached to an aromatic ring is 1. The fraction of sp³-hybridized carbons (Fsp3) is 0.455. The molecule has 1 heteroatoms. The summed E-state index contributed by atoms with van der Waals surface area (Å²) in [5.41, 5.74) is 8.14. The molecule has 66 valence electrons. The van der Waals surface area contributed by atoms with Crippen molar-refractivity contribution in [2.75, 3.05) is 5.73 Å². The fourth-order valence-electron chi connectivity index (χ4n) is 1.16. The van der Waals surface area contributed by atoms with Crippen LogP contribution >= 0.6 is 0 Å². The van der Waals surface area contributed by atoms with Crippen molar-refractivity contribution in [1.29, 1.82) is 0 Å². The van der Waals surface area contributed by atoms with Gasteiger partial charge < -0.3 is 5.73 Å². The van der Waals surface area contributed by atoms with Crippen LogP contribution in [0.5, 0.6) is 0 Å². The number of anilines is 1. The Kier molecular flexibility index (Phi) is 2.41. The highest BCUT2D eigenvalue weighted by molar-refractivity contribution is 5.42. The van der Waals surface area contributed by atoms with Crippen LogP contribution < -0.4 is 5.73 Å². The lowest BCUT2D eigenvalue weighted by Gasteiger charge is -2.23. The summed E-state index contributed by atoms with van der Waals surface area (Å²) in [5.74, 6) is 0. The Morgan fingerprint density at radius 3 is 2.50 bits per heavy atom. The van der Waals surface area contributed by atoms with Crippen molar-refractivity contribution < 1.29 is 0 Å². The first-order valence-corrected chi connectivity index (χ1v) is 4.42. The molecule has 1 rings (SSSR count). The van der Waals surface area contributed by atoms with Gasteiger partial charge in [0.1, 0.15) is 0 Å². The van der Waals surface area contributed by atoms with Crippen molar-refractivity contribution in [3.63, 3.8) is 0 Å². The molecule has 0 aromatic heterocycles. The predicted molar refractivity (Wildman–Crippen MR) is 54.2 cm³/mol. The van der Waals surface area contributed by atoms with Gasteiger partial charge in [-0.25, -0.2) is 0 Å². The van der Waals surface area contributed by atoms with E-state index >= 15 is 0 Å². The van der Waals surface area contributed by atoms with Crippen LogP contribution in [0.25, 0.3) is 0 Å². The lowest BCUT2D eigenvalue weighted by Crippen LogP contribution is -2.15. The molecule has 0 bridgehead atoms. The standard InChI is InChI=1S/C11H17N/c1-4-11(2,3)9-6-5-7-10(12)8-9/h5-8H,4,12H2,1-3H3. The van der Waals surface area contributed by atoms with E-state index in [2.05, 4.69) is 32.9 Å². The molecule has 12 heavy (non-hydrogen) atoms. The van der Waals surface area contributed by atoms with Gasteiger partial charge in [-0.05, 0) is 29.5 Å². The van der Waals surface area contributed by atoms with Crippen LogP contribution in [0.3, 0.4) is 0 Å². The smallest absolute Gasteiger partial charge is 0.0316 e. The molecule has 0 atom stereocenters. The van der Waals surface area contributed by atoms with Crippen LogP contribution in [-0.4, -0.2) is 0 Å². The van der Waals surface area contributed by atoms with Crippen molar-refractivity contribution >= 4 is 5.69 Å². The first kappa shape index (κ1) is 9.11. The van der Waals surface area contributed by atoms with E-state index in [1.165, 1.54) is 5.56 Å². The quantitative estimate of drug-likeness (QED) is 0.666. The summed E-state index contributed by atoms with van der Waals surface area (Å²) in [4.78, 5) is 0. The van der Waals surface area contributed by atoms with E-state index in [1.807, 2.05) is 12.1 Å². The molecule has 1 aromatic rings. The summed E-state index contributed by atoms with van der Waals surface area (Å²) in [6, 6.07) is 8.14.